The lowest BCUT2D eigenvalue weighted by Crippen LogP contribution is -2.45. The Kier molecular flexibility index (Phi) is 7.43. The molecule has 0 radical (unpaired) electrons. The first-order valence-electron chi connectivity index (χ1n) is 10.6. The molecule has 10 nitrogen and oxygen atoms in total. The fraction of sp³-hybridized carbons (Fsp3) is 0.571. The van der Waals surface area contributed by atoms with E-state index in [0.717, 1.165) is 45.1 Å². The Bertz CT molecular complexity index is 852. The number of nitrogens with zero attached hydrogens (tertiary/aromatic N) is 2. The number of anilines is 1. The number of imide groups is 1. The van der Waals surface area contributed by atoms with E-state index in [0.29, 0.717) is 18.2 Å². The molecule has 10 heteroatoms. The molecule has 1 aromatic carbocycles. The van der Waals surface area contributed by atoms with Crippen LogP contribution < -0.4 is 15.5 Å². The highest BCUT2D eigenvalue weighted by atomic mass is 16.6. The van der Waals surface area contributed by atoms with E-state index >= 15 is 0 Å². The van der Waals surface area contributed by atoms with E-state index in [4.69, 9.17) is 4.74 Å². The molecule has 168 valence electrons. The minimum atomic E-state index is -0.868. The second-order valence-electron chi connectivity index (χ2n) is 8.23. The number of urea groups is 1. The normalized spacial score (nSPS) is 19.0. The van der Waals surface area contributed by atoms with Gasteiger partial charge in [-0.15, -0.1) is 0 Å². The molecule has 0 aromatic heterocycles. The molecule has 1 heterocycles. The van der Waals surface area contributed by atoms with Gasteiger partial charge in [-0.3, -0.25) is 20.2 Å². The van der Waals surface area contributed by atoms with Crippen molar-refractivity contribution in [2.75, 3.05) is 24.6 Å². The van der Waals surface area contributed by atoms with Crippen LogP contribution in [-0.2, 0) is 9.53 Å². The highest BCUT2D eigenvalue weighted by Crippen LogP contribution is 2.32. The van der Waals surface area contributed by atoms with Crippen LogP contribution in [0.1, 0.15) is 55.8 Å². The summed E-state index contributed by atoms with van der Waals surface area (Å²) in [4.78, 5) is 48.9. The van der Waals surface area contributed by atoms with Crippen molar-refractivity contribution >= 4 is 29.3 Å². The van der Waals surface area contributed by atoms with E-state index in [1.54, 1.807) is 6.07 Å². The molecule has 1 saturated heterocycles. The maximum Gasteiger partial charge on any atom is 0.338 e. The first-order valence-corrected chi connectivity index (χ1v) is 10.6. The van der Waals surface area contributed by atoms with Gasteiger partial charge in [0, 0.05) is 25.2 Å². The molecule has 31 heavy (non-hydrogen) atoms. The summed E-state index contributed by atoms with van der Waals surface area (Å²) in [6.07, 6.45) is 5.86. The van der Waals surface area contributed by atoms with Gasteiger partial charge < -0.3 is 15.0 Å². The second kappa shape index (κ2) is 10.2. The quantitative estimate of drug-likeness (QED) is 0.401. The summed E-state index contributed by atoms with van der Waals surface area (Å²) in [5.74, 6) is -1.20. The summed E-state index contributed by atoms with van der Waals surface area (Å²) in [5.41, 5.74) is 0.266. The van der Waals surface area contributed by atoms with E-state index in [-0.39, 0.29) is 17.3 Å². The van der Waals surface area contributed by atoms with E-state index in [1.807, 2.05) is 4.90 Å². The standard InChI is InChI=1S/C21H28N4O6/c1-14-5-4-10-24(12-14)17-9-8-15(11-18(17)25(29)30)20(27)31-13-19(26)23-21(28)22-16-6-2-3-7-16/h8-9,11,14,16H,2-7,10,12-13H2,1H3,(H2,22,23,26,28). The van der Waals surface area contributed by atoms with Crippen LogP contribution in [0.25, 0.3) is 0 Å². The fourth-order valence-corrected chi connectivity index (χ4v) is 4.14. The average Bonchev–Trinajstić information content (AvgIpc) is 3.24. The summed E-state index contributed by atoms with van der Waals surface area (Å²) in [6.45, 7) is 2.88. The summed E-state index contributed by atoms with van der Waals surface area (Å²) < 4.78 is 4.93. The number of esters is 1. The number of carbonyl (C=O) groups excluding carboxylic acids is 3. The van der Waals surface area contributed by atoms with E-state index in [1.165, 1.54) is 12.1 Å². The van der Waals surface area contributed by atoms with Crippen molar-refractivity contribution in [2.45, 2.75) is 51.5 Å². The molecule has 0 bridgehead atoms. The Morgan fingerprint density at radius 3 is 2.61 bits per heavy atom. The van der Waals surface area contributed by atoms with Crippen molar-refractivity contribution in [3.8, 4) is 0 Å². The van der Waals surface area contributed by atoms with Gasteiger partial charge in [0.2, 0.25) is 0 Å². The molecule has 1 unspecified atom stereocenters. The molecule has 2 fully saturated rings. The number of nitro groups is 1. The summed E-state index contributed by atoms with van der Waals surface area (Å²) >= 11 is 0. The van der Waals surface area contributed by atoms with Crippen LogP contribution in [-0.4, -0.2) is 48.6 Å². The summed E-state index contributed by atoms with van der Waals surface area (Å²) in [7, 11) is 0. The Labute approximate surface area is 180 Å². The van der Waals surface area contributed by atoms with Crippen molar-refractivity contribution in [1.82, 2.24) is 10.6 Å². The van der Waals surface area contributed by atoms with Gasteiger partial charge in [-0.25, -0.2) is 9.59 Å². The number of hydrogen-bond acceptors (Lipinski definition) is 7. The van der Waals surface area contributed by atoms with E-state index < -0.39 is 29.4 Å². The number of carbonyl (C=O) groups is 3. The SMILES string of the molecule is CC1CCCN(c2ccc(C(=O)OCC(=O)NC(=O)NC3CCCC3)cc2[N+](=O)[O-])C1. The summed E-state index contributed by atoms with van der Waals surface area (Å²) in [5, 5.41) is 16.4. The zero-order valence-corrected chi connectivity index (χ0v) is 17.6. The predicted molar refractivity (Wildman–Crippen MR) is 113 cm³/mol. The zero-order chi connectivity index (χ0) is 22.4. The molecule has 1 aliphatic carbocycles. The number of nitro benzene ring substituents is 1. The van der Waals surface area contributed by atoms with Crippen molar-refractivity contribution in [3.63, 3.8) is 0 Å². The molecule has 1 saturated carbocycles. The van der Waals surface area contributed by atoms with Crippen molar-refractivity contribution < 1.29 is 24.0 Å². The minimum Gasteiger partial charge on any atom is -0.452 e. The number of ether oxygens (including phenoxy) is 1. The van der Waals surface area contributed by atoms with Crippen molar-refractivity contribution in [1.29, 1.82) is 0 Å². The lowest BCUT2D eigenvalue weighted by molar-refractivity contribution is -0.384. The van der Waals surface area contributed by atoms with Gasteiger partial charge in [0.05, 0.1) is 10.5 Å². The molecule has 1 atom stereocenters. The third kappa shape index (κ3) is 6.16. The molecule has 3 amide bonds. The molecular weight excluding hydrogens is 404 g/mol. The molecule has 1 aliphatic heterocycles. The number of amides is 3. The average molecular weight is 432 g/mol. The molecular formula is C21H28N4O6. The third-order valence-corrected chi connectivity index (χ3v) is 5.68. The highest BCUT2D eigenvalue weighted by molar-refractivity contribution is 5.97. The lowest BCUT2D eigenvalue weighted by Gasteiger charge is -2.32. The number of nitrogens with one attached hydrogen (secondary N) is 2. The number of hydrogen-bond donors (Lipinski definition) is 2. The first kappa shape index (κ1) is 22.5. The van der Waals surface area contributed by atoms with Gasteiger partial charge in [0.25, 0.3) is 11.6 Å². The van der Waals surface area contributed by atoms with Crippen LogP contribution in [0.15, 0.2) is 18.2 Å². The minimum absolute atomic E-state index is 0.0243. The smallest absolute Gasteiger partial charge is 0.338 e. The van der Waals surface area contributed by atoms with E-state index in [2.05, 4.69) is 17.6 Å². The van der Waals surface area contributed by atoms with Gasteiger partial charge in [-0.1, -0.05) is 19.8 Å². The van der Waals surface area contributed by atoms with Gasteiger partial charge in [0.1, 0.15) is 5.69 Å². The Morgan fingerprint density at radius 2 is 1.94 bits per heavy atom. The topological polar surface area (TPSA) is 131 Å². The van der Waals surface area contributed by atoms with Gasteiger partial charge in [-0.05, 0) is 43.7 Å². The third-order valence-electron chi connectivity index (χ3n) is 5.68. The van der Waals surface area contributed by atoms with Crippen LogP contribution in [0.5, 0.6) is 0 Å². The van der Waals surface area contributed by atoms with E-state index in [9.17, 15) is 24.5 Å². The zero-order valence-electron chi connectivity index (χ0n) is 17.6. The number of rotatable bonds is 6. The lowest BCUT2D eigenvalue weighted by atomic mass is 9.99. The Balaban J connectivity index is 1.56. The van der Waals surface area contributed by atoms with Crippen LogP contribution in [0.2, 0.25) is 0 Å². The van der Waals surface area contributed by atoms with Crippen LogP contribution >= 0.6 is 0 Å². The first-order chi connectivity index (χ1) is 14.8. The van der Waals surface area contributed by atoms with Crippen molar-refractivity contribution in [3.05, 3.63) is 33.9 Å². The van der Waals surface area contributed by atoms with Gasteiger partial charge in [-0.2, -0.15) is 0 Å². The molecule has 0 spiro atoms. The predicted octanol–water partition coefficient (Wildman–Crippen LogP) is 2.76. The van der Waals surface area contributed by atoms with Crippen LogP contribution in [0.3, 0.4) is 0 Å². The maximum absolute atomic E-state index is 12.3. The van der Waals surface area contributed by atoms with Gasteiger partial charge >= 0.3 is 12.0 Å². The monoisotopic (exact) mass is 432 g/mol. The summed E-state index contributed by atoms with van der Waals surface area (Å²) in [6, 6.07) is 3.60. The van der Waals surface area contributed by atoms with Crippen LogP contribution in [0.4, 0.5) is 16.2 Å². The molecule has 1 aromatic rings. The fourth-order valence-electron chi connectivity index (χ4n) is 4.14. The van der Waals surface area contributed by atoms with Gasteiger partial charge in [0.15, 0.2) is 6.61 Å². The number of benzene rings is 1. The Morgan fingerprint density at radius 1 is 1.19 bits per heavy atom. The molecule has 2 N–H and O–H groups in total. The second-order valence-corrected chi connectivity index (χ2v) is 8.23. The van der Waals surface area contributed by atoms with Crippen LogP contribution in [0, 0.1) is 16.0 Å². The molecule has 3 rings (SSSR count). The molecule has 2 aliphatic rings. The number of piperidine rings is 1. The van der Waals surface area contributed by atoms with Crippen molar-refractivity contribution in [2.24, 2.45) is 5.92 Å². The maximum atomic E-state index is 12.3. The highest BCUT2D eigenvalue weighted by Gasteiger charge is 2.26. The Hall–Kier alpha value is -3.17. The largest absolute Gasteiger partial charge is 0.452 e.